The van der Waals surface area contributed by atoms with Crippen LogP contribution in [0, 0.1) is 11.7 Å². The van der Waals surface area contributed by atoms with Crippen LogP contribution in [-0.2, 0) is 10.0 Å². The molecule has 2 N–H and O–H groups in total. The minimum Gasteiger partial charge on any atom is -0.492 e. The molecule has 1 aromatic rings. The van der Waals surface area contributed by atoms with Crippen LogP contribution in [0.1, 0.15) is 19.8 Å². The normalized spacial score (nSPS) is 13.3. The summed E-state index contributed by atoms with van der Waals surface area (Å²) in [6.07, 6.45) is 1.50. The molecule has 1 rings (SSSR count). The standard InChI is InChI=1S/C12H17ClFNO3S/c1-2-3-9(8-19(15,16)17)7-18-12-5-4-10(14)6-11(12)13/h4-6,9H,2-3,7-8H2,1H3,(H2,15,16,17). The van der Waals surface area contributed by atoms with Crippen molar-refractivity contribution in [3.8, 4) is 5.75 Å². The van der Waals surface area contributed by atoms with E-state index in [1.54, 1.807) is 0 Å². The number of sulfonamides is 1. The van der Waals surface area contributed by atoms with Gasteiger partial charge in [0.25, 0.3) is 0 Å². The summed E-state index contributed by atoms with van der Waals surface area (Å²) >= 11 is 5.82. The third kappa shape index (κ3) is 6.22. The maximum Gasteiger partial charge on any atom is 0.209 e. The highest BCUT2D eigenvalue weighted by Crippen LogP contribution is 2.25. The number of nitrogens with two attached hydrogens (primary N) is 1. The van der Waals surface area contributed by atoms with Crippen molar-refractivity contribution in [3.63, 3.8) is 0 Å². The maximum atomic E-state index is 12.9. The van der Waals surface area contributed by atoms with Gasteiger partial charge in [-0.3, -0.25) is 0 Å². The molecule has 0 heterocycles. The fourth-order valence-electron chi connectivity index (χ4n) is 1.75. The number of primary sulfonamides is 1. The first-order valence-electron chi connectivity index (χ1n) is 5.90. The van der Waals surface area contributed by atoms with Crippen LogP contribution in [-0.4, -0.2) is 20.8 Å². The van der Waals surface area contributed by atoms with Crippen LogP contribution in [0.4, 0.5) is 4.39 Å². The van der Waals surface area contributed by atoms with Crippen molar-refractivity contribution >= 4 is 21.6 Å². The van der Waals surface area contributed by atoms with Gasteiger partial charge in [-0.05, 0) is 24.6 Å². The van der Waals surface area contributed by atoms with Crippen molar-refractivity contribution in [2.24, 2.45) is 11.1 Å². The predicted octanol–water partition coefficient (Wildman–Crippen LogP) is 2.56. The number of hydrogen-bond acceptors (Lipinski definition) is 3. The molecule has 1 unspecified atom stereocenters. The fourth-order valence-corrected chi connectivity index (χ4v) is 2.89. The molecular formula is C12H17ClFNO3S. The number of hydrogen-bond donors (Lipinski definition) is 1. The number of halogens is 2. The minimum atomic E-state index is -3.54. The van der Waals surface area contributed by atoms with Crippen molar-refractivity contribution < 1.29 is 17.5 Å². The van der Waals surface area contributed by atoms with Gasteiger partial charge < -0.3 is 4.74 Å². The zero-order valence-corrected chi connectivity index (χ0v) is 12.2. The van der Waals surface area contributed by atoms with E-state index in [9.17, 15) is 12.8 Å². The third-order valence-electron chi connectivity index (χ3n) is 2.53. The Bertz CT molecular complexity index is 522. The molecule has 0 fully saturated rings. The Morgan fingerprint density at radius 2 is 2.16 bits per heavy atom. The molecule has 4 nitrogen and oxygen atoms in total. The summed E-state index contributed by atoms with van der Waals surface area (Å²) < 4.78 is 40.5. The summed E-state index contributed by atoms with van der Waals surface area (Å²) in [7, 11) is -3.54. The molecule has 1 atom stereocenters. The van der Waals surface area contributed by atoms with Crippen LogP contribution >= 0.6 is 11.6 Å². The summed E-state index contributed by atoms with van der Waals surface area (Å²) in [5.74, 6) is -0.466. The van der Waals surface area contributed by atoms with Gasteiger partial charge in [-0.25, -0.2) is 17.9 Å². The van der Waals surface area contributed by atoms with Crippen molar-refractivity contribution in [1.29, 1.82) is 0 Å². The summed E-state index contributed by atoms with van der Waals surface area (Å²) in [6.45, 7) is 2.12. The number of benzene rings is 1. The lowest BCUT2D eigenvalue weighted by Crippen LogP contribution is -2.27. The fraction of sp³-hybridized carbons (Fsp3) is 0.500. The second-order valence-electron chi connectivity index (χ2n) is 4.37. The molecule has 0 saturated carbocycles. The average Bonchev–Trinajstić information content (AvgIpc) is 2.26. The van der Waals surface area contributed by atoms with Gasteiger partial charge in [0.05, 0.1) is 17.4 Å². The van der Waals surface area contributed by atoms with E-state index in [0.29, 0.717) is 12.2 Å². The Morgan fingerprint density at radius 1 is 1.47 bits per heavy atom. The zero-order valence-electron chi connectivity index (χ0n) is 10.6. The number of ether oxygens (including phenoxy) is 1. The number of rotatable bonds is 7. The van der Waals surface area contributed by atoms with Gasteiger partial charge in [0.2, 0.25) is 10.0 Å². The zero-order chi connectivity index (χ0) is 14.5. The lowest BCUT2D eigenvalue weighted by molar-refractivity contribution is 0.252. The SMILES string of the molecule is CCCC(COc1ccc(F)cc1Cl)CS(N)(=O)=O. The highest BCUT2D eigenvalue weighted by Gasteiger charge is 2.16. The van der Waals surface area contributed by atoms with Gasteiger partial charge >= 0.3 is 0 Å². The molecule has 0 aliphatic carbocycles. The molecule has 19 heavy (non-hydrogen) atoms. The summed E-state index contributed by atoms with van der Waals surface area (Å²) in [5.41, 5.74) is 0. The van der Waals surface area contributed by atoms with E-state index >= 15 is 0 Å². The summed E-state index contributed by atoms with van der Waals surface area (Å²) in [5, 5.41) is 5.18. The largest absolute Gasteiger partial charge is 0.492 e. The topological polar surface area (TPSA) is 69.4 Å². The third-order valence-corrected chi connectivity index (χ3v) is 3.76. The highest BCUT2D eigenvalue weighted by molar-refractivity contribution is 7.89. The molecule has 0 aromatic heterocycles. The molecule has 0 spiro atoms. The average molecular weight is 310 g/mol. The monoisotopic (exact) mass is 309 g/mol. The van der Waals surface area contributed by atoms with Crippen LogP contribution in [0.3, 0.4) is 0 Å². The summed E-state index contributed by atoms with van der Waals surface area (Å²) in [4.78, 5) is 0. The molecule has 0 aliphatic heterocycles. The molecule has 108 valence electrons. The van der Waals surface area contributed by atoms with E-state index in [1.165, 1.54) is 12.1 Å². The second-order valence-corrected chi connectivity index (χ2v) is 6.44. The smallest absolute Gasteiger partial charge is 0.209 e. The van der Waals surface area contributed by atoms with Gasteiger partial charge in [0, 0.05) is 5.92 Å². The molecular weight excluding hydrogens is 293 g/mol. The van der Waals surface area contributed by atoms with Crippen molar-refractivity contribution in [2.45, 2.75) is 19.8 Å². The van der Waals surface area contributed by atoms with Crippen molar-refractivity contribution in [3.05, 3.63) is 29.0 Å². The first-order valence-corrected chi connectivity index (χ1v) is 7.99. The van der Waals surface area contributed by atoms with Gasteiger partial charge in [0.1, 0.15) is 11.6 Å². The van der Waals surface area contributed by atoms with Crippen molar-refractivity contribution in [2.75, 3.05) is 12.4 Å². The van der Waals surface area contributed by atoms with Gasteiger partial charge in [-0.1, -0.05) is 24.9 Å². The Labute approximate surface area is 117 Å². The molecule has 0 aliphatic rings. The Balaban J connectivity index is 2.65. The van der Waals surface area contributed by atoms with Crippen molar-refractivity contribution in [1.82, 2.24) is 0 Å². The first-order chi connectivity index (χ1) is 8.81. The quantitative estimate of drug-likeness (QED) is 0.841. The van der Waals surface area contributed by atoms with Crippen LogP contribution in [0.5, 0.6) is 5.75 Å². The minimum absolute atomic E-state index is 0.139. The van der Waals surface area contributed by atoms with E-state index in [0.717, 1.165) is 12.5 Å². The predicted molar refractivity (Wildman–Crippen MR) is 73.3 cm³/mol. The van der Waals surface area contributed by atoms with E-state index in [4.69, 9.17) is 21.5 Å². The van der Waals surface area contributed by atoms with E-state index in [-0.39, 0.29) is 23.3 Å². The Hall–Kier alpha value is -0.850. The molecule has 0 amide bonds. The lowest BCUT2D eigenvalue weighted by atomic mass is 10.1. The second kappa shape index (κ2) is 7.07. The van der Waals surface area contributed by atoms with Gasteiger partial charge in [-0.2, -0.15) is 0 Å². The molecule has 0 radical (unpaired) electrons. The van der Waals surface area contributed by atoms with Gasteiger partial charge in [0.15, 0.2) is 0 Å². The van der Waals surface area contributed by atoms with Gasteiger partial charge in [-0.15, -0.1) is 0 Å². The van der Waals surface area contributed by atoms with E-state index in [2.05, 4.69) is 0 Å². The van der Waals surface area contributed by atoms with Crippen LogP contribution < -0.4 is 9.88 Å². The van der Waals surface area contributed by atoms with Crippen LogP contribution in [0.25, 0.3) is 0 Å². The molecule has 0 bridgehead atoms. The maximum absolute atomic E-state index is 12.9. The Kier molecular flexibility index (Phi) is 6.03. The lowest BCUT2D eigenvalue weighted by Gasteiger charge is -2.16. The first kappa shape index (κ1) is 16.2. The van der Waals surface area contributed by atoms with E-state index < -0.39 is 15.8 Å². The molecule has 7 heteroatoms. The molecule has 1 aromatic carbocycles. The summed E-state index contributed by atoms with van der Waals surface area (Å²) in [6, 6.07) is 3.79. The molecule has 0 saturated heterocycles. The van der Waals surface area contributed by atoms with Crippen LogP contribution in [0.15, 0.2) is 18.2 Å². The highest BCUT2D eigenvalue weighted by atomic mass is 35.5. The van der Waals surface area contributed by atoms with Crippen LogP contribution in [0.2, 0.25) is 5.02 Å². The van der Waals surface area contributed by atoms with E-state index in [1.807, 2.05) is 6.92 Å². The Morgan fingerprint density at radius 3 is 2.68 bits per heavy atom.